The Morgan fingerprint density at radius 3 is 2.82 bits per heavy atom. The average molecular weight is 645 g/mol. The van der Waals surface area contributed by atoms with Gasteiger partial charge >= 0.3 is 0 Å². The molecular weight excluding hydrogens is 608 g/mol. The number of aromatic nitrogens is 1. The number of para-hydroxylation sites is 1. The van der Waals surface area contributed by atoms with Gasteiger partial charge < -0.3 is 19.7 Å². The zero-order valence-electron chi connectivity index (χ0n) is 24.8. The predicted molar refractivity (Wildman–Crippen MR) is 163 cm³/mol. The van der Waals surface area contributed by atoms with Gasteiger partial charge in [-0.1, -0.05) is 29.8 Å². The summed E-state index contributed by atoms with van der Waals surface area (Å²) in [6.45, 7) is 4.01. The van der Waals surface area contributed by atoms with Crippen LogP contribution < -0.4 is 14.8 Å². The molecule has 1 saturated heterocycles. The number of ether oxygens (including phenoxy) is 2. The highest BCUT2D eigenvalue weighted by atomic mass is 35.5. The van der Waals surface area contributed by atoms with Crippen molar-refractivity contribution in [1.29, 1.82) is 0 Å². The molecule has 0 bridgehead atoms. The van der Waals surface area contributed by atoms with Gasteiger partial charge in [-0.3, -0.25) is 24.1 Å². The number of nitrogens with zero attached hydrogens (tertiary/aromatic N) is 2. The molecule has 2 aliphatic carbocycles. The van der Waals surface area contributed by atoms with E-state index in [0.29, 0.717) is 46.8 Å². The van der Waals surface area contributed by atoms with Gasteiger partial charge in [0.05, 0.1) is 22.3 Å². The number of pyridine rings is 1. The summed E-state index contributed by atoms with van der Waals surface area (Å²) >= 11 is 6.40. The van der Waals surface area contributed by atoms with Crippen molar-refractivity contribution in [2.24, 2.45) is 5.92 Å². The maximum absolute atomic E-state index is 14.0. The second-order valence-electron chi connectivity index (χ2n) is 12.3. The van der Waals surface area contributed by atoms with Crippen molar-refractivity contribution in [3.63, 3.8) is 0 Å². The number of hydrogen-bond donors (Lipinski definition) is 2. The number of amides is 3. The molecule has 3 heterocycles. The largest absolute Gasteiger partial charge is 0.488 e. The number of halogens is 1. The molecule has 0 radical (unpaired) electrons. The number of hydrogen-bond acceptors (Lipinski definition) is 8. The number of benzene rings is 1. The second kappa shape index (κ2) is 11.9. The fourth-order valence-electron chi connectivity index (χ4n) is 6.11. The quantitative estimate of drug-likeness (QED) is 0.473. The van der Waals surface area contributed by atoms with E-state index in [9.17, 15) is 22.8 Å². The van der Waals surface area contributed by atoms with Gasteiger partial charge in [-0.25, -0.2) is 8.42 Å². The molecule has 1 aromatic heterocycles. The monoisotopic (exact) mass is 644 g/mol. The Labute approximate surface area is 261 Å². The van der Waals surface area contributed by atoms with E-state index in [2.05, 4.69) is 15.0 Å². The van der Waals surface area contributed by atoms with E-state index in [4.69, 9.17) is 21.1 Å². The molecule has 6 rings (SSSR count). The lowest BCUT2D eigenvalue weighted by atomic mass is 10.1. The van der Waals surface area contributed by atoms with Crippen LogP contribution in [0.3, 0.4) is 0 Å². The van der Waals surface area contributed by atoms with Crippen LogP contribution in [0.15, 0.2) is 36.4 Å². The number of sulfonamides is 1. The number of rotatable bonds is 5. The van der Waals surface area contributed by atoms with Gasteiger partial charge in [-0.15, -0.1) is 0 Å². The highest BCUT2D eigenvalue weighted by molar-refractivity contribution is 7.91. The number of fused-ring (bicyclic) bond motifs is 3. The summed E-state index contributed by atoms with van der Waals surface area (Å²) in [4.78, 5) is 47.1. The Morgan fingerprint density at radius 1 is 1.25 bits per heavy atom. The first-order chi connectivity index (χ1) is 21.0. The van der Waals surface area contributed by atoms with Crippen LogP contribution in [0.25, 0.3) is 10.9 Å². The third kappa shape index (κ3) is 6.16. The Hall–Kier alpha value is -3.22. The minimum Gasteiger partial charge on any atom is -0.488 e. The molecule has 2 saturated carbocycles. The Balaban J connectivity index is 1.28. The van der Waals surface area contributed by atoms with Gasteiger partial charge in [0.25, 0.3) is 11.8 Å². The van der Waals surface area contributed by atoms with E-state index in [1.54, 1.807) is 25.1 Å². The minimum absolute atomic E-state index is 0.118. The van der Waals surface area contributed by atoms with Crippen LogP contribution in [-0.2, 0) is 29.1 Å². The lowest BCUT2D eigenvalue weighted by molar-refractivity contribution is -0.147. The molecule has 2 aromatic rings. The summed E-state index contributed by atoms with van der Waals surface area (Å²) in [6, 6.07) is 6.24. The van der Waals surface area contributed by atoms with Crippen molar-refractivity contribution in [2.75, 3.05) is 13.2 Å². The van der Waals surface area contributed by atoms with Gasteiger partial charge in [0.1, 0.15) is 29.5 Å². The summed E-state index contributed by atoms with van der Waals surface area (Å²) in [6.07, 6.45) is 6.20. The van der Waals surface area contributed by atoms with E-state index in [0.717, 1.165) is 19.3 Å². The summed E-state index contributed by atoms with van der Waals surface area (Å²) < 4.78 is 39.8. The maximum atomic E-state index is 14.0. The van der Waals surface area contributed by atoms with Crippen molar-refractivity contribution in [3.05, 3.63) is 47.1 Å². The van der Waals surface area contributed by atoms with Crippen molar-refractivity contribution in [2.45, 2.75) is 87.8 Å². The third-order valence-electron chi connectivity index (χ3n) is 8.84. The second-order valence-corrected chi connectivity index (χ2v) is 14.6. The van der Waals surface area contributed by atoms with Crippen molar-refractivity contribution in [3.8, 4) is 5.75 Å². The zero-order chi connectivity index (χ0) is 31.2. The molecule has 1 aromatic carbocycles. The number of nitrogens with one attached hydrogen (secondary N) is 2. The molecule has 13 heteroatoms. The standard InChI is InChI=1S/C31H37ClN4O7S/c1-18-14-26(23-9-7-10-24(32)27(23)33-18)43-21-15-25-28(37)34-31(30(39)35-44(40,41)22-11-12-22)16-20(31)8-5-3-4-6-13-42-19(2)29(38)36(25)17-21/h5,7-10,14,19-22,25H,3-4,6,11-13,15-17H2,1-2H3,(H,34,37)(H,35,39). The van der Waals surface area contributed by atoms with Crippen LogP contribution in [0.1, 0.15) is 57.6 Å². The Kier molecular flexibility index (Phi) is 8.36. The molecule has 5 atom stereocenters. The fraction of sp³-hybridized carbons (Fsp3) is 0.548. The maximum Gasteiger partial charge on any atom is 0.259 e. The predicted octanol–water partition coefficient (Wildman–Crippen LogP) is 3.17. The molecular formula is C31H37ClN4O7S. The molecule has 3 fully saturated rings. The summed E-state index contributed by atoms with van der Waals surface area (Å²) in [5.74, 6) is -1.47. The van der Waals surface area contributed by atoms with E-state index < -0.39 is 50.9 Å². The van der Waals surface area contributed by atoms with Gasteiger partial charge in [0.2, 0.25) is 15.9 Å². The smallest absolute Gasteiger partial charge is 0.259 e. The van der Waals surface area contributed by atoms with Crippen molar-refractivity contribution in [1.82, 2.24) is 19.9 Å². The molecule has 11 nitrogen and oxygen atoms in total. The molecule has 2 aliphatic heterocycles. The van der Waals surface area contributed by atoms with Crippen molar-refractivity contribution < 1.29 is 32.3 Å². The van der Waals surface area contributed by atoms with Crippen molar-refractivity contribution >= 4 is 50.2 Å². The zero-order valence-corrected chi connectivity index (χ0v) is 26.3. The van der Waals surface area contributed by atoms with Crippen LogP contribution in [-0.4, -0.2) is 78.2 Å². The van der Waals surface area contributed by atoms with Crippen LogP contribution in [0.4, 0.5) is 0 Å². The molecule has 3 amide bonds. The molecule has 4 aliphatic rings. The van der Waals surface area contributed by atoms with Gasteiger partial charge in [-0.2, -0.15) is 0 Å². The summed E-state index contributed by atoms with van der Waals surface area (Å²) in [5.41, 5.74) is -0.123. The lowest BCUT2D eigenvalue weighted by Crippen LogP contribution is -2.57. The number of carbonyl (C=O) groups excluding carboxylic acids is 3. The van der Waals surface area contributed by atoms with Crippen LogP contribution >= 0.6 is 11.6 Å². The Bertz CT molecular complexity index is 1630. The first kappa shape index (κ1) is 30.8. The van der Waals surface area contributed by atoms with Gasteiger partial charge in [-0.05, 0) is 64.5 Å². The number of allylic oxidation sites excluding steroid dienone is 1. The SMILES string of the molecule is Cc1cc(OC2CC3C(=O)NC4(C(=O)NS(=O)(=O)C5CC5)CC4C=CCCCCOC(C)C(=O)N3C2)c2cccc(Cl)c2n1. The number of aryl methyl sites for hydroxylation is 1. The molecule has 236 valence electrons. The first-order valence-electron chi connectivity index (χ1n) is 15.2. The molecule has 5 unspecified atom stereocenters. The normalized spacial score (nSPS) is 29.7. The highest BCUT2D eigenvalue weighted by Crippen LogP contribution is 2.46. The lowest BCUT2D eigenvalue weighted by Gasteiger charge is -2.28. The fourth-order valence-corrected chi connectivity index (χ4v) is 7.69. The minimum atomic E-state index is -3.82. The van der Waals surface area contributed by atoms with E-state index >= 15 is 0 Å². The third-order valence-corrected chi connectivity index (χ3v) is 11.0. The molecule has 0 spiro atoms. The van der Waals surface area contributed by atoms with E-state index in [-0.39, 0.29) is 31.2 Å². The van der Waals surface area contributed by atoms with Crippen LogP contribution in [0.2, 0.25) is 5.02 Å². The number of carbonyl (C=O) groups is 3. The average Bonchev–Trinajstić information content (AvgIpc) is 3.89. The van der Waals surface area contributed by atoms with Crippen LogP contribution in [0.5, 0.6) is 5.75 Å². The topological polar surface area (TPSA) is 144 Å². The first-order valence-corrected chi connectivity index (χ1v) is 17.1. The Morgan fingerprint density at radius 2 is 2.05 bits per heavy atom. The van der Waals surface area contributed by atoms with Gasteiger partial charge in [0, 0.05) is 36.1 Å². The van der Waals surface area contributed by atoms with Gasteiger partial charge in [0.15, 0.2) is 0 Å². The molecule has 44 heavy (non-hydrogen) atoms. The van der Waals surface area contributed by atoms with Crippen LogP contribution in [0, 0.1) is 12.8 Å². The summed E-state index contributed by atoms with van der Waals surface area (Å²) in [5, 5.41) is 3.48. The molecule has 2 N–H and O–H groups in total. The summed E-state index contributed by atoms with van der Waals surface area (Å²) in [7, 11) is -3.82. The highest BCUT2D eigenvalue weighted by Gasteiger charge is 2.62. The van der Waals surface area contributed by atoms with E-state index in [1.165, 1.54) is 4.90 Å². The van der Waals surface area contributed by atoms with E-state index in [1.807, 2.05) is 25.1 Å².